The van der Waals surface area contributed by atoms with E-state index < -0.39 is 0 Å². The molecule has 6 nitrogen and oxygen atoms in total. The molecule has 7 heteroatoms. The van der Waals surface area contributed by atoms with E-state index in [0.29, 0.717) is 36.3 Å². The number of terminal acetylenes is 1. The highest BCUT2D eigenvalue weighted by atomic mass is 127. The summed E-state index contributed by atoms with van der Waals surface area (Å²) < 4.78 is 16.8. The number of aliphatic imine (C=N–C) groups is 1. The maximum atomic E-state index is 5.91. The van der Waals surface area contributed by atoms with Crippen molar-refractivity contribution in [3.63, 3.8) is 0 Å². The van der Waals surface area contributed by atoms with Gasteiger partial charge in [-0.3, -0.25) is 0 Å². The van der Waals surface area contributed by atoms with Gasteiger partial charge in [0.25, 0.3) is 0 Å². The molecule has 3 unspecified atom stereocenters. The Morgan fingerprint density at radius 2 is 2.22 bits per heavy atom. The molecular weight excluding hydrogens is 457 g/mol. The average molecular weight is 485 g/mol. The predicted molar refractivity (Wildman–Crippen MR) is 117 cm³/mol. The van der Waals surface area contributed by atoms with Crippen LogP contribution in [0.1, 0.15) is 31.7 Å². The molecule has 2 aliphatic rings. The van der Waals surface area contributed by atoms with E-state index in [2.05, 4.69) is 23.5 Å². The fourth-order valence-electron chi connectivity index (χ4n) is 3.51. The van der Waals surface area contributed by atoms with Crippen molar-refractivity contribution in [2.75, 3.05) is 20.3 Å². The van der Waals surface area contributed by atoms with Crippen LogP contribution in [-0.2, 0) is 11.3 Å². The van der Waals surface area contributed by atoms with Gasteiger partial charge in [0.1, 0.15) is 6.61 Å². The highest BCUT2D eigenvalue weighted by Gasteiger charge is 2.41. The second kappa shape index (κ2) is 10.6. The summed E-state index contributed by atoms with van der Waals surface area (Å²) in [6, 6.07) is 6.12. The molecule has 0 radical (unpaired) electrons. The van der Waals surface area contributed by atoms with E-state index in [0.717, 1.165) is 30.9 Å². The third-order valence-corrected chi connectivity index (χ3v) is 4.73. The number of hydrogen-bond donors (Lipinski definition) is 2. The van der Waals surface area contributed by atoms with Crippen LogP contribution in [0.4, 0.5) is 0 Å². The minimum Gasteiger partial charge on any atom is -0.493 e. The molecule has 2 aliphatic heterocycles. The van der Waals surface area contributed by atoms with Crippen molar-refractivity contribution >= 4 is 29.9 Å². The van der Waals surface area contributed by atoms with Crippen molar-refractivity contribution in [1.82, 2.24) is 10.6 Å². The lowest BCUT2D eigenvalue weighted by atomic mass is 9.96. The molecule has 1 aromatic rings. The molecule has 148 valence electrons. The number of nitrogens with one attached hydrogen (secondary N) is 2. The summed E-state index contributed by atoms with van der Waals surface area (Å²) in [5.74, 6) is 4.59. The second-order valence-electron chi connectivity index (χ2n) is 6.53. The zero-order chi connectivity index (χ0) is 18.4. The van der Waals surface area contributed by atoms with Crippen LogP contribution in [0.5, 0.6) is 11.5 Å². The molecule has 2 heterocycles. The highest BCUT2D eigenvalue weighted by Crippen LogP contribution is 2.34. The molecular formula is C20H28IN3O3. The van der Waals surface area contributed by atoms with Crippen LogP contribution in [-0.4, -0.2) is 44.5 Å². The minimum absolute atomic E-state index is 0. The van der Waals surface area contributed by atoms with Gasteiger partial charge in [-0.2, -0.15) is 0 Å². The van der Waals surface area contributed by atoms with E-state index in [4.69, 9.17) is 25.6 Å². The summed E-state index contributed by atoms with van der Waals surface area (Å²) in [6.07, 6.45) is 9.38. The smallest absolute Gasteiger partial charge is 0.191 e. The van der Waals surface area contributed by atoms with Crippen LogP contribution in [0, 0.1) is 12.3 Å². The molecule has 2 bridgehead atoms. The number of ether oxygens (including phenoxy) is 3. The van der Waals surface area contributed by atoms with E-state index in [9.17, 15) is 0 Å². The Kier molecular flexibility index (Phi) is 8.51. The normalized spacial score (nSPS) is 23.3. The van der Waals surface area contributed by atoms with Gasteiger partial charge in [0.2, 0.25) is 0 Å². The number of hydrogen-bond acceptors (Lipinski definition) is 4. The van der Waals surface area contributed by atoms with Crippen LogP contribution in [0.15, 0.2) is 23.2 Å². The van der Waals surface area contributed by atoms with Crippen LogP contribution in [0.25, 0.3) is 0 Å². The summed E-state index contributed by atoms with van der Waals surface area (Å²) in [5, 5.41) is 6.83. The Hall–Kier alpha value is -1.66. The topological polar surface area (TPSA) is 64.1 Å². The van der Waals surface area contributed by atoms with Crippen LogP contribution < -0.4 is 20.1 Å². The molecule has 2 N–H and O–H groups in total. The second-order valence-corrected chi connectivity index (χ2v) is 6.53. The van der Waals surface area contributed by atoms with E-state index >= 15 is 0 Å². The van der Waals surface area contributed by atoms with Crippen LogP contribution in [0.3, 0.4) is 0 Å². The van der Waals surface area contributed by atoms with Crippen LogP contribution >= 0.6 is 24.0 Å². The lowest BCUT2D eigenvalue weighted by Gasteiger charge is -2.22. The van der Waals surface area contributed by atoms with Crippen molar-refractivity contribution in [2.24, 2.45) is 4.99 Å². The maximum Gasteiger partial charge on any atom is 0.191 e. The average Bonchev–Trinajstić information content (AvgIpc) is 3.27. The first-order valence-corrected chi connectivity index (χ1v) is 9.17. The van der Waals surface area contributed by atoms with Crippen LogP contribution in [0.2, 0.25) is 0 Å². The Morgan fingerprint density at radius 3 is 2.85 bits per heavy atom. The fourth-order valence-corrected chi connectivity index (χ4v) is 3.51. The zero-order valence-corrected chi connectivity index (χ0v) is 18.2. The molecule has 1 aromatic carbocycles. The van der Waals surface area contributed by atoms with Crippen molar-refractivity contribution < 1.29 is 14.2 Å². The van der Waals surface area contributed by atoms with E-state index in [1.165, 1.54) is 6.42 Å². The Morgan fingerprint density at radius 1 is 1.37 bits per heavy atom. The van der Waals surface area contributed by atoms with Gasteiger partial charge in [-0.15, -0.1) is 30.4 Å². The highest BCUT2D eigenvalue weighted by molar-refractivity contribution is 14.0. The van der Waals surface area contributed by atoms with Gasteiger partial charge in [-0.1, -0.05) is 12.0 Å². The lowest BCUT2D eigenvalue weighted by Crippen LogP contribution is -2.47. The van der Waals surface area contributed by atoms with Gasteiger partial charge in [0.15, 0.2) is 17.5 Å². The summed E-state index contributed by atoms with van der Waals surface area (Å²) >= 11 is 0. The lowest BCUT2D eigenvalue weighted by molar-refractivity contribution is 0.0992. The summed E-state index contributed by atoms with van der Waals surface area (Å²) in [4.78, 5) is 4.71. The van der Waals surface area contributed by atoms with Gasteiger partial charge in [-0.25, -0.2) is 4.99 Å². The number of benzene rings is 1. The summed E-state index contributed by atoms with van der Waals surface area (Å²) in [7, 11) is 1.61. The number of halogens is 1. The maximum absolute atomic E-state index is 5.91. The van der Waals surface area contributed by atoms with E-state index in [-0.39, 0.29) is 30.6 Å². The van der Waals surface area contributed by atoms with Gasteiger partial charge in [-0.05, 0) is 43.9 Å². The monoisotopic (exact) mass is 485 g/mol. The van der Waals surface area contributed by atoms with E-state index in [1.807, 2.05) is 18.2 Å². The predicted octanol–water partition coefficient (Wildman–Crippen LogP) is 2.70. The van der Waals surface area contributed by atoms with Gasteiger partial charge >= 0.3 is 0 Å². The van der Waals surface area contributed by atoms with Crippen molar-refractivity contribution in [3.05, 3.63) is 23.8 Å². The van der Waals surface area contributed by atoms with Crippen molar-refractivity contribution in [2.45, 2.75) is 51.0 Å². The van der Waals surface area contributed by atoms with E-state index in [1.54, 1.807) is 7.11 Å². The molecule has 0 saturated carbocycles. The molecule has 2 fully saturated rings. The third kappa shape index (κ3) is 5.66. The zero-order valence-electron chi connectivity index (χ0n) is 15.9. The molecule has 0 amide bonds. The first-order chi connectivity index (χ1) is 12.7. The molecule has 0 spiro atoms. The number of guanidine groups is 1. The van der Waals surface area contributed by atoms with Crippen molar-refractivity contribution in [3.8, 4) is 23.8 Å². The van der Waals surface area contributed by atoms with Gasteiger partial charge < -0.3 is 24.8 Å². The first-order valence-electron chi connectivity index (χ1n) is 9.17. The van der Waals surface area contributed by atoms with Crippen molar-refractivity contribution in [1.29, 1.82) is 0 Å². The number of methoxy groups -OCH3 is 1. The quantitative estimate of drug-likeness (QED) is 0.269. The molecule has 3 rings (SSSR count). The Balaban J connectivity index is 0.00000261. The largest absolute Gasteiger partial charge is 0.493 e. The molecule has 2 saturated heterocycles. The standard InChI is InChI=1S/C20H27N3O3.HI/c1-4-10-25-19-11-14(6-8-18(19)24-3)13-22-20(21-5-2)23-16-12-15-7-9-17(16)26-15;/h1,6,8,11,15-17H,5,7,9-10,12-13H2,2-3H3,(H2,21,22,23);1H. The number of fused-ring (bicyclic) bond motifs is 2. The molecule has 27 heavy (non-hydrogen) atoms. The van der Waals surface area contributed by atoms with Gasteiger partial charge in [0, 0.05) is 6.54 Å². The number of rotatable bonds is 7. The summed E-state index contributed by atoms with van der Waals surface area (Å²) in [5.41, 5.74) is 1.03. The number of nitrogens with zero attached hydrogens (tertiary/aromatic N) is 1. The molecule has 0 aliphatic carbocycles. The Bertz CT molecular complexity index is 690. The van der Waals surface area contributed by atoms with Gasteiger partial charge in [0.05, 0.1) is 31.9 Å². The third-order valence-electron chi connectivity index (χ3n) is 4.73. The summed E-state index contributed by atoms with van der Waals surface area (Å²) in [6.45, 7) is 3.62. The fraction of sp³-hybridized carbons (Fsp3) is 0.550. The SMILES string of the molecule is C#CCOc1cc(CN=C(NCC)NC2CC3CCC2O3)ccc1OC.I. The first kappa shape index (κ1) is 21.6. The molecule has 0 aromatic heterocycles. The Labute approximate surface area is 178 Å². The molecule has 3 atom stereocenters. The minimum atomic E-state index is 0.